The molecule has 92 valence electrons. The van der Waals surface area contributed by atoms with Crippen molar-refractivity contribution in [2.45, 2.75) is 38.9 Å². The van der Waals surface area contributed by atoms with Crippen LogP contribution in [0.2, 0.25) is 0 Å². The van der Waals surface area contributed by atoms with Crippen LogP contribution in [0.5, 0.6) is 0 Å². The highest BCUT2D eigenvalue weighted by atomic mass is 16.5. The highest BCUT2D eigenvalue weighted by Crippen LogP contribution is 2.01. The minimum atomic E-state index is -0.363. The van der Waals surface area contributed by atoms with Gasteiger partial charge in [0.2, 0.25) is 0 Å². The molecule has 1 N–H and O–H groups in total. The van der Waals surface area contributed by atoms with Gasteiger partial charge in [0.25, 0.3) is 0 Å². The van der Waals surface area contributed by atoms with Crippen LogP contribution in [-0.4, -0.2) is 50.9 Å². The molecule has 0 radical (unpaired) electrons. The quantitative estimate of drug-likeness (QED) is 0.562. The Morgan fingerprint density at radius 3 is 2.33 bits per heavy atom. The summed E-state index contributed by atoms with van der Waals surface area (Å²) in [6.07, 6.45) is 1.32. The van der Waals surface area contributed by atoms with Crippen molar-refractivity contribution in [3.63, 3.8) is 0 Å². The van der Waals surface area contributed by atoms with E-state index in [4.69, 9.17) is 14.2 Å². The zero-order valence-electron chi connectivity index (χ0n) is 10.1. The summed E-state index contributed by atoms with van der Waals surface area (Å²) in [6.45, 7) is 6.13. The molecule has 0 bridgehead atoms. The Kier molecular flexibility index (Phi) is 10.3. The van der Waals surface area contributed by atoms with E-state index in [9.17, 15) is 5.11 Å². The van der Waals surface area contributed by atoms with Gasteiger partial charge in [-0.2, -0.15) is 0 Å². The highest BCUT2D eigenvalue weighted by molar-refractivity contribution is 4.56. The maximum absolute atomic E-state index is 9.33. The first-order valence-corrected chi connectivity index (χ1v) is 5.60. The van der Waals surface area contributed by atoms with Crippen LogP contribution >= 0.6 is 0 Å². The van der Waals surface area contributed by atoms with E-state index in [1.165, 1.54) is 0 Å². The summed E-state index contributed by atoms with van der Waals surface area (Å²) in [5.74, 6) is 0. The van der Waals surface area contributed by atoms with E-state index in [2.05, 4.69) is 0 Å². The van der Waals surface area contributed by atoms with E-state index in [1.807, 2.05) is 13.8 Å². The largest absolute Gasteiger partial charge is 0.391 e. The van der Waals surface area contributed by atoms with Crippen molar-refractivity contribution >= 4 is 0 Å². The second kappa shape index (κ2) is 10.4. The Bertz CT molecular complexity index is 130. The third kappa shape index (κ3) is 8.81. The summed E-state index contributed by atoms with van der Waals surface area (Å²) in [5.41, 5.74) is 0. The Balaban J connectivity index is 3.46. The van der Waals surface area contributed by atoms with Crippen LogP contribution in [0.4, 0.5) is 0 Å². The lowest BCUT2D eigenvalue weighted by molar-refractivity contribution is -0.0557. The number of aliphatic hydroxyl groups excluding tert-OH is 1. The molecule has 0 aliphatic rings. The third-order valence-electron chi connectivity index (χ3n) is 2.19. The average Bonchev–Trinajstić information content (AvgIpc) is 2.27. The maximum Gasteiger partial charge on any atom is 0.0807 e. The van der Waals surface area contributed by atoms with Gasteiger partial charge in [0, 0.05) is 7.11 Å². The van der Waals surface area contributed by atoms with Crippen LogP contribution < -0.4 is 0 Å². The molecule has 0 fully saturated rings. The lowest BCUT2D eigenvalue weighted by Gasteiger charge is -2.18. The molecule has 0 saturated carbocycles. The molecule has 0 aliphatic carbocycles. The number of ether oxygens (including phenoxy) is 3. The lowest BCUT2D eigenvalue weighted by atomic mass is 10.2. The first-order chi connectivity index (χ1) is 7.24. The molecule has 0 aromatic carbocycles. The molecule has 0 aliphatic heterocycles. The standard InChI is InChI=1S/C11H24O4/c1-4-10(12)8-15-11(5-2)9-14-7-6-13-3/h10-12H,4-9H2,1-3H3. The van der Waals surface area contributed by atoms with Gasteiger partial charge in [0.1, 0.15) is 0 Å². The molecule has 0 aromatic rings. The van der Waals surface area contributed by atoms with Crippen LogP contribution in [0.3, 0.4) is 0 Å². The first kappa shape index (κ1) is 14.8. The fourth-order valence-electron chi connectivity index (χ4n) is 1.01. The fourth-order valence-corrected chi connectivity index (χ4v) is 1.01. The highest BCUT2D eigenvalue weighted by Gasteiger charge is 2.09. The summed E-state index contributed by atoms with van der Waals surface area (Å²) in [6, 6.07) is 0. The lowest BCUT2D eigenvalue weighted by Crippen LogP contribution is -2.25. The van der Waals surface area contributed by atoms with Crippen LogP contribution in [-0.2, 0) is 14.2 Å². The number of methoxy groups -OCH3 is 1. The zero-order chi connectivity index (χ0) is 11.5. The number of hydrogen-bond acceptors (Lipinski definition) is 4. The second-order valence-corrected chi connectivity index (χ2v) is 3.49. The van der Waals surface area contributed by atoms with Crippen molar-refractivity contribution in [1.29, 1.82) is 0 Å². The third-order valence-corrected chi connectivity index (χ3v) is 2.19. The molecule has 0 aromatic heterocycles. The molecule has 0 heterocycles. The Labute approximate surface area is 92.5 Å². The van der Waals surface area contributed by atoms with Crippen LogP contribution in [0, 0.1) is 0 Å². The van der Waals surface area contributed by atoms with Gasteiger partial charge in [-0.25, -0.2) is 0 Å². The number of aliphatic hydroxyl groups is 1. The minimum absolute atomic E-state index is 0.0723. The smallest absolute Gasteiger partial charge is 0.0807 e. The molecule has 0 spiro atoms. The summed E-state index contributed by atoms with van der Waals surface area (Å²) in [4.78, 5) is 0. The van der Waals surface area contributed by atoms with E-state index in [1.54, 1.807) is 7.11 Å². The Hall–Kier alpha value is -0.160. The number of hydrogen-bond donors (Lipinski definition) is 1. The first-order valence-electron chi connectivity index (χ1n) is 5.60. The summed E-state index contributed by atoms with van der Waals surface area (Å²) >= 11 is 0. The van der Waals surface area contributed by atoms with E-state index in [0.29, 0.717) is 26.4 Å². The molecule has 2 unspecified atom stereocenters. The topological polar surface area (TPSA) is 47.9 Å². The van der Waals surface area contributed by atoms with Gasteiger partial charge in [-0.1, -0.05) is 13.8 Å². The van der Waals surface area contributed by atoms with E-state index < -0.39 is 0 Å². The normalized spacial score (nSPS) is 15.2. The van der Waals surface area contributed by atoms with Crippen molar-refractivity contribution in [3.05, 3.63) is 0 Å². The van der Waals surface area contributed by atoms with Gasteiger partial charge in [0.15, 0.2) is 0 Å². The molecule has 0 rings (SSSR count). The van der Waals surface area contributed by atoms with Gasteiger partial charge in [0.05, 0.1) is 38.6 Å². The fraction of sp³-hybridized carbons (Fsp3) is 1.00. The number of rotatable bonds is 10. The summed E-state index contributed by atoms with van der Waals surface area (Å²) in [7, 11) is 1.65. The molecular weight excluding hydrogens is 196 g/mol. The minimum Gasteiger partial charge on any atom is -0.391 e. The van der Waals surface area contributed by atoms with Gasteiger partial charge >= 0.3 is 0 Å². The van der Waals surface area contributed by atoms with Gasteiger partial charge in [-0.15, -0.1) is 0 Å². The molecule has 4 nitrogen and oxygen atoms in total. The molecule has 0 saturated heterocycles. The van der Waals surface area contributed by atoms with E-state index >= 15 is 0 Å². The van der Waals surface area contributed by atoms with E-state index in [0.717, 1.165) is 12.8 Å². The Morgan fingerprint density at radius 1 is 1.07 bits per heavy atom. The Morgan fingerprint density at radius 2 is 1.80 bits per heavy atom. The second-order valence-electron chi connectivity index (χ2n) is 3.49. The molecule has 4 heteroatoms. The molecule has 2 atom stereocenters. The molecular formula is C11H24O4. The summed E-state index contributed by atoms with van der Waals surface area (Å²) < 4.78 is 15.7. The van der Waals surface area contributed by atoms with Crippen LogP contribution in [0.25, 0.3) is 0 Å². The zero-order valence-corrected chi connectivity index (χ0v) is 10.1. The van der Waals surface area contributed by atoms with Gasteiger partial charge in [-0.3, -0.25) is 0 Å². The predicted octanol–water partition coefficient (Wildman–Crippen LogP) is 1.22. The molecule has 15 heavy (non-hydrogen) atoms. The van der Waals surface area contributed by atoms with Crippen LogP contribution in [0.1, 0.15) is 26.7 Å². The molecule has 0 amide bonds. The maximum atomic E-state index is 9.33. The van der Waals surface area contributed by atoms with E-state index in [-0.39, 0.29) is 12.2 Å². The van der Waals surface area contributed by atoms with Gasteiger partial charge < -0.3 is 19.3 Å². The average molecular weight is 220 g/mol. The van der Waals surface area contributed by atoms with Crippen molar-refractivity contribution in [1.82, 2.24) is 0 Å². The van der Waals surface area contributed by atoms with Crippen molar-refractivity contribution in [2.24, 2.45) is 0 Å². The predicted molar refractivity (Wildman–Crippen MR) is 59.0 cm³/mol. The van der Waals surface area contributed by atoms with Crippen molar-refractivity contribution < 1.29 is 19.3 Å². The van der Waals surface area contributed by atoms with Crippen molar-refractivity contribution in [3.8, 4) is 0 Å². The van der Waals surface area contributed by atoms with Crippen molar-refractivity contribution in [2.75, 3.05) is 33.5 Å². The van der Waals surface area contributed by atoms with Crippen LogP contribution in [0.15, 0.2) is 0 Å². The van der Waals surface area contributed by atoms with Gasteiger partial charge in [-0.05, 0) is 12.8 Å². The SMILES string of the molecule is CCC(O)COC(CC)COCCOC. The summed E-state index contributed by atoms with van der Waals surface area (Å²) in [5, 5.41) is 9.33. The monoisotopic (exact) mass is 220 g/mol.